The van der Waals surface area contributed by atoms with E-state index in [4.69, 9.17) is 9.47 Å². The zero-order valence-electron chi connectivity index (χ0n) is 15.4. The first kappa shape index (κ1) is 17.5. The molecular formula is C20H22N2O5. The Morgan fingerprint density at radius 1 is 1.26 bits per heavy atom. The molecule has 0 aliphatic carbocycles. The third-order valence-corrected chi connectivity index (χ3v) is 4.65. The number of amides is 1. The Kier molecular flexibility index (Phi) is 3.75. The molecular weight excluding hydrogens is 348 g/mol. The van der Waals surface area contributed by atoms with Gasteiger partial charge in [-0.25, -0.2) is 4.79 Å². The van der Waals surface area contributed by atoms with Crippen molar-refractivity contribution in [1.29, 1.82) is 0 Å². The second-order valence-corrected chi connectivity index (χ2v) is 7.75. The van der Waals surface area contributed by atoms with Crippen molar-refractivity contribution in [3.05, 3.63) is 53.6 Å². The molecule has 3 N–H and O–H groups in total. The zero-order valence-corrected chi connectivity index (χ0v) is 15.4. The first-order valence-electron chi connectivity index (χ1n) is 8.78. The average Bonchev–Trinajstić information content (AvgIpc) is 3.23. The van der Waals surface area contributed by atoms with Gasteiger partial charge in [-0.05, 0) is 39.0 Å². The summed E-state index contributed by atoms with van der Waals surface area (Å²) in [5.41, 5.74) is -0.0404. The Balaban J connectivity index is 1.67. The topological polar surface area (TPSA) is 93.0 Å². The summed E-state index contributed by atoms with van der Waals surface area (Å²) in [6, 6.07) is 9.08. The van der Waals surface area contributed by atoms with Gasteiger partial charge in [0.25, 0.3) is 0 Å². The lowest BCUT2D eigenvalue weighted by atomic mass is 9.89. The van der Waals surface area contributed by atoms with E-state index in [1.54, 1.807) is 39.0 Å². The molecule has 2 bridgehead atoms. The predicted molar refractivity (Wildman–Crippen MR) is 98.0 cm³/mol. The third-order valence-electron chi connectivity index (χ3n) is 4.65. The van der Waals surface area contributed by atoms with Crippen LogP contribution >= 0.6 is 0 Å². The number of rotatable bonds is 3. The van der Waals surface area contributed by atoms with Gasteiger partial charge in [0.05, 0.1) is 23.4 Å². The lowest BCUT2D eigenvalue weighted by Crippen LogP contribution is -2.41. The molecule has 27 heavy (non-hydrogen) atoms. The summed E-state index contributed by atoms with van der Waals surface area (Å²) in [5.74, 6) is -0.172. The molecule has 0 saturated carbocycles. The zero-order chi connectivity index (χ0) is 19.4. The van der Waals surface area contributed by atoms with Gasteiger partial charge in [-0.1, -0.05) is 24.3 Å². The van der Waals surface area contributed by atoms with Gasteiger partial charge in [-0.15, -0.1) is 0 Å². The summed E-state index contributed by atoms with van der Waals surface area (Å²) < 4.78 is 12.6. The number of carbonyl (C=O) groups excluding carboxylic acids is 1. The van der Waals surface area contributed by atoms with Crippen LogP contribution in [0, 0.1) is 0 Å². The first-order valence-corrected chi connectivity index (χ1v) is 8.78. The van der Waals surface area contributed by atoms with Crippen LogP contribution in [-0.4, -0.2) is 33.0 Å². The van der Waals surface area contributed by atoms with Gasteiger partial charge < -0.3 is 25.0 Å². The highest BCUT2D eigenvalue weighted by Crippen LogP contribution is 2.58. The van der Waals surface area contributed by atoms with E-state index in [1.807, 2.05) is 24.3 Å². The van der Waals surface area contributed by atoms with E-state index in [2.05, 4.69) is 5.32 Å². The molecule has 4 rings (SSSR count). The maximum Gasteiger partial charge on any atom is 0.407 e. The van der Waals surface area contributed by atoms with E-state index in [-0.39, 0.29) is 18.3 Å². The van der Waals surface area contributed by atoms with E-state index in [0.717, 1.165) is 0 Å². The smallest absolute Gasteiger partial charge is 0.407 e. The Labute approximate surface area is 156 Å². The number of alkyl carbamates (subject to hydrolysis) is 1. The maximum atomic E-state index is 12.0. The number of para-hydroxylation sites is 1. The monoisotopic (exact) mass is 370 g/mol. The Bertz CT molecular complexity index is 926. The van der Waals surface area contributed by atoms with E-state index in [9.17, 15) is 15.0 Å². The van der Waals surface area contributed by atoms with Crippen LogP contribution in [0.15, 0.2) is 42.5 Å². The van der Waals surface area contributed by atoms with Crippen molar-refractivity contribution in [2.24, 2.45) is 0 Å². The van der Waals surface area contributed by atoms with Crippen molar-refractivity contribution in [3.8, 4) is 17.4 Å². The number of hydrogen-bond donors (Lipinski definition) is 3. The van der Waals surface area contributed by atoms with Gasteiger partial charge in [0.1, 0.15) is 17.3 Å². The number of aromatic hydroxyl groups is 2. The van der Waals surface area contributed by atoms with Crippen molar-refractivity contribution in [1.82, 2.24) is 9.88 Å². The number of benzene rings is 1. The van der Waals surface area contributed by atoms with E-state index >= 15 is 0 Å². The maximum absolute atomic E-state index is 12.0. The average molecular weight is 370 g/mol. The molecule has 1 aromatic heterocycles. The number of ether oxygens (including phenoxy) is 2. The van der Waals surface area contributed by atoms with Gasteiger partial charge in [-0.3, -0.25) is 4.57 Å². The standard InChI is InChI=1S/C20H22N2O5/c1-19(2,3)27-18(25)21-11-20-10-9-13(26-20)14-15(20)17(24)22(16(14)23)12-7-5-4-6-8-12/h4-10,13,23-24H,11H2,1-3H3,(H,21,25). The fraction of sp³-hybridized carbons (Fsp3) is 0.350. The molecule has 2 aliphatic rings. The van der Waals surface area contributed by atoms with Gasteiger partial charge in [0, 0.05) is 0 Å². The lowest BCUT2D eigenvalue weighted by Gasteiger charge is -2.26. The minimum Gasteiger partial charge on any atom is -0.494 e. The number of aromatic nitrogens is 1. The highest BCUT2D eigenvalue weighted by molar-refractivity contribution is 5.69. The lowest BCUT2D eigenvalue weighted by molar-refractivity contribution is -0.00838. The Hall–Kier alpha value is -2.93. The summed E-state index contributed by atoms with van der Waals surface area (Å²) >= 11 is 0. The van der Waals surface area contributed by atoms with Crippen molar-refractivity contribution in [3.63, 3.8) is 0 Å². The van der Waals surface area contributed by atoms with Crippen LogP contribution in [0.5, 0.6) is 11.8 Å². The second-order valence-electron chi connectivity index (χ2n) is 7.75. The fourth-order valence-corrected chi connectivity index (χ4v) is 3.63. The van der Waals surface area contributed by atoms with Crippen LogP contribution in [0.1, 0.15) is 38.0 Å². The highest BCUT2D eigenvalue weighted by atomic mass is 16.6. The van der Waals surface area contributed by atoms with Gasteiger partial charge in [0.15, 0.2) is 0 Å². The molecule has 2 unspecified atom stereocenters. The number of nitrogens with one attached hydrogen (secondary N) is 1. The van der Waals surface area contributed by atoms with Crippen LogP contribution in [-0.2, 0) is 15.1 Å². The van der Waals surface area contributed by atoms with E-state index < -0.39 is 23.4 Å². The number of hydrogen-bond acceptors (Lipinski definition) is 5. The highest BCUT2D eigenvalue weighted by Gasteiger charge is 2.53. The molecule has 0 fully saturated rings. The summed E-state index contributed by atoms with van der Waals surface area (Å²) in [4.78, 5) is 12.0. The van der Waals surface area contributed by atoms with Crippen LogP contribution < -0.4 is 5.32 Å². The molecule has 7 nitrogen and oxygen atoms in total. The van der Waals surface area contributed by atoms with Crippen molar-refractivity contribution in [2.75, 3.05) is 6.54 Å². The van der Waals surface area contributed by atoms with Crippen LogP contribution in [0.2, 0.25) is 0 Å². The SMILES string of the molecule is CC(C)(C)OC(=O)NCC12C=CC(O1)c1c2c(O)n(-c2ccccc2)c1O. The van der Waals surface area contributed by atoms with Gasteiger partial charge >= 0.3 is 6.09 Å². The third kappa shape index (κ3) is 2.75. The largest absolute Gasteiger partial charge is 0.494 e. The Morgan fingerprint density at radius 2 is 1.96 bits per heavy atom. The summed E-state index contributed by atoms with van der Waals surface area (Å²) in [6.07, 6.45) is 2.56. The minimum absolute atomic E-state index is 0.0674. The molecule has 0 saturated heterocycles. The molecule has 2 atom stereocenters. The van der Waals surface area contributed by atoms with Crippen molar-refractivity contribution >= 4 is 6.09 Å². The normalized spacial score (nSPS) is 22.7. The predicted octanol–water partition coefficient (Wildman–Crippen LogP) is 3.25. The van der Waals surface area contributed by atoms with Crippen molar-refractivity contribution in [2.45, 2.75) is 38.1 Å². The van der Waals surface area contributed by atoms with Crippen LogP contribution in [0.4, 0.5) is 4.79 Å². The number of fused-ring (bicyclic) bond motifs is 5. The molecule has 1 aromatic carbocycles. The molecule has 3 heterocycles. The fourth-order valence-electron chi connectivity index (χ4n) is 3.63. The molecule has 2 aromatic rings. The molecule has 142 valence electrons. The van der Waals surface area contributed by atoms with E-state index in [0.29, 0.717) is 16.8 Å². The number of nitrogens with zero attached hydrogens (tertiary/aromatic N) is 1. The molecule has 0 spiro atoms. The molecule has 7 heteroatoms. The molecule has 2 aliphatic heterocycles. The summed E-state index contributed by atoms with van der Waals surface area (Å²) in [7, 11) is 0. The van der Waals surface area contributed by atoms with Gasteiger partial charge in [0.2, 0.25) is 11.8 Å². The minimum atomic E-state index is -1.04. The molecule has 1 amide bonds. The molecule has 0 radical (unpaired) electrons. The van der Waals surface area contributed by atoms with E-state index in [1.165, 1.54) is 4.57 Å². The van der Waals surface area contributed by atoms with Crippen LogP contribution in [0.3, 0.4) is 0 Å². The summed E-state index contributed by atoms with van der Waals surface area (Å²) in [6.45, 7) is 5.42. The quantitative estimate of drug-likeness (QED) is 0.721. The van der Waals surface area contributed by atoms with Gasteiger partial charge in [-0.2, -0.15) is 0 Å². The van der Waals surface area contributed by atoms with Crippen molar-refractivity contribution < 1.29 is 24.5 Å². The number of carbonyl (C=O) groups is 1. The second kappa shape index (κ2) is 5.79. The first-order chi connectivity index (χ1) is 12.7. The Morgan fingerprint density at radius 3 is 2.63 bits per heavy atom. The summed E-state index contributed by atoms with van der Waals surface area (Å²) in [5, 5.41) is 24.3. The van der Waals surface area contributed by atoms with Crippen LogP contribution in [0.25, 0.3) is 5.69 Å².